The lowest BCUT2D eigenvalue weighted by Gasteiger charge is -2.18. The van der Waals surface area contributed by atoms with Gasteiger partial charge in [0.25, 0.3) is 0 Å². The summed E-state index contributed by atoms with van der Waals surface area (Å²) in [6.45, 7) is 6.64. The Labute approximate surface area is 392 Å². The van der Waals surface area contributed by atoms with E-state index in [1.807, 2.05) is 0 Å². The molecule has 1 unspecified atom stereocenters. The third-order valence-corrected chi connectivity index (χ3v) is 12.4. The van der Waals surface area contributed by atoms with Crippen molar-refractivity contribution in [1.82, 2.24) is 0 Å². The molecule has 0 fully saturated rings. The molecule has 0 saturated heterocycles. The zero-order valence-corrected chi connectivity index (χ0v) is 42.4. The molecule has 0 aliphatic carbocycles. The number of esters is 3. The zero-order chi connectivity index (χ0) is 45.8. The van der Waals surface area contributed by atoms with Crippen LogP contribution in [0.1, 0.15) is 303 Å². The van der Waals surface area contributed by atoms with Crippen molar-refractivity contribution in [3.8, 4) is 0 Å². The second-order valence-corrected chi connectivity index (χ2v) is 18.8. The van der Waals surface area contributed by atoms with Crippen LogP contribution in [-0.2, 0) is 28.6 Å². The van der Waals surface area contributed by atoms with Gasteiger partial charge in [-0.1, -0.05) is 238 Å². The minimum Gasteiger partial charge on any atom is -0.462 e. The number of unbranched alkanes of at least 4 members (excludes halogenated alkanes) is 36. The molecule has 0 spiro atoms. The Morgan fingerprint density at radius 3 is 0.810 bits per heavy atom. The minimum atomic E-state index is -0.780. The molecule has 0 amide bonds. The second-order valence-electron chi connectivity index (χ2n) is 18.8. The third-order valence-electron chi connectivity index (χ3n) is 12.4. The van der Waals surface area contributed by atoms with Gasteiger partial charge in [-0.25, -0.2) is 0 Å². The quantitative estimate of drug-likeness (QED) is 0.0262. The van der Waals surface area contributed by atoms with E-state index in [1.165, 1.54) is 180 Å². The average molecular weight is 887 g/mol. The van der Waals surface area contributed by atoms with E-state index < -0.39 is 6.10 Å². The maximum absolute atomic E-state index is 12.8. The van der Waals surface area contributed by atoms with E-state index in [1.54, 1.807) is 0 Å². The van der Waals surface area contributed by atoms with E-state index in [9.17, 15) is 14.4 Å². The number of hydrogen-bond acceptors (Lipinski definition) is 6. The van der Waals surface area contributed by atoms with Crippen LogP contribution in [0.15, 0.2) is 24.3 Å². The molecular weight excluding hydrogens is 781 g/mol. The summed E-state index contributed by atoms with van der Waals surface area (Å²) >= 11 is 0. The molecule has 6 nitrogen and oxygen atoms in total. The fourth-order valence-electron chi connectivity index (χ4n) is 8.20. The summed E-state index contributed by atoms with van der Waals surface area (Å²) in [6, 6.07) is 0. The normalized spacial score (nSPS) is 12.1. The van der Waals surface area contributed by atoms with Gasteiger partial charge >= 0.3 is 17.9 Å². The summed E-state index contributed by atoms with van der Waals surface area (Å²) in [5, 5.41) is 0. The van der Waals surface area contributed by atoms with E-state index in [-0.39, 0.29) is 31.1 Å². The highest BCUT2D eigenvalue weighted by Crippen LogP contribution is 2.16. The highest BCUT2D eigenvalue weighted by Gasteiger charge is 2.19. The van der Waals surface area contributed by atoms with Gasteiger partial charge in [0, 0.05) is 19.3 Å². The highest BCUT2D eigenvalue weighted by molar-refractivity contribution is 5.71. The Morgan fingerprint density at radius 1 is 0.302 bits per heavy atom. The number of rotatable bonds is 51. The molecule has 6 heteroatoms. The van der Waals surface area contributed by atoms with Crippen LogP contribution < -0.4 is 0 Å². The summed E-state index contributed by atoms with van der Waals surface area (Å²) in [4.78, 5) is 38.0. The van der Waals surface area contributed by atoms with Crippen LogP contribution in [0, 0.1) is 0 Å². The van der Waals surface area contributed by atoms with Gasteiger partial charge in [0.1, 0.15) is 13.2 Å². The predicted octanol–water partition coefficient (Wildman–Crippen LogP) is 18.3. The molecule has 0 aliphatic rings. The summed E-state index contributed by atoms with van der Waals surface area (Å²) in [5.74, 6) is -0.894. The Balaban J connectivity index is 4.34. The van der Waals surface area contributed by atoms with Crippen LogP contribution in [0.2, 0.25) is 0 Å². The highest BCUT2D eigenvalue weighted by atomic mass is 16.6. The molecule has 370 valence electrons. The van der Waals surface area contributed by atoms with E-state index in [2.05, 4.69) is 45.1 Å². The summed E-state index contributed by atoms with van der Waals surface area (Å²) < 4.78 is 16.8. The van der Waals surface area contributed by atoms with Gasteiger partial charge < -0.3 is 14.2 Å². The summed E-state index contributed by atoms with van der Waals surface area (Å²) in [5.41, 5.74) is 0. The minimum absolute atomic E-state index is 0.0779. The van der Waals surface area contributed by atoms with Crippen molar-refractivity contribution in [2.45, 2.75) is 309 Å². The number of carbonyl (C=O) groups excluding carboxylic acids is 3. The van der Waals surface area contributed by atoms with E-state index in [0.717, 1.165) is 83.5 Å². The number of allylic oxidation sites excluding steroid dienone is 4. The van der Waals surface area contributed by atoms with Gasteiger partial charge in [0.05, 0.1) is 0 Å². The Hall–Kier alpha value is -2.11. The largest absolute Gasteiger partial charge is 0.462 e. The van der Waals surface area contributed by atoms with Gasteiger partial charge in [-0.2, -0.15) is 0 Å². The lowest BCUT2D eigenvalue weighted by Crippen LogP contribution is -2.30. The molecule has 0 aromatic rings. The van der Waals surface area contributed by atoms with Crippen LogP contribution >= 0.6 is 0 Å². The first kappa shape index (κ1) is 60.9. The van der Waals surface area contributed by atoms with Gasteiger partial charge in [0.2, 0.25) is 0 Å². The standard InChI is InChI=1S/C57H106O6/c1-4-7-10-13-16-19-22-25-27-28-29-30-33-35-38-41-44-47-50-56(59)62-53-54(52-61-55(58)49-46-43-40-37-34-31-24-21-18-15-12-9-6-3)63-57(60)51-48-45-42-39-36-32-26-23-20-17-14-11-8-5-2/h31-32,34,36,54H,4-30,33,35,37-53H2,1-3H3/b34-31-,36-32-. The van der Waals surface area contributed by atoms with Gasteiger partial charge in [-0.05, 0) is 70.6 Å². The van der Waals surface area contributed by atoms with Crippen LogP contribution in [0.4, 0.5) is 0 Å². The van der Waals surface area contributed by atoms with Crippen molar-refractivity contribution in [2.24, 2.45) is 0 Å². The Bertz CT molecular complexity index is 1020. The van der Waals surface area contributed by atoms with Crippen molar-refractivity contribution in [1.29, 1.82) is 0 Å². The molecule has 0 radical (unpaired) electrons. The number of hydrogen-bond donors (Lipinski definition) is 0. The molecule has 0 saturated carbocycles. The number of carbonyl (C=O) groups is 3. The molecule has 0 aliphatic heterocycles. The predicted molar refractivity (Wildman–Crippen MR) is 270 cm³/mol. The lowest BCUT2D eigenvalue weighted by molar-refractivity contribution is -0.167. The van der Waals surface area contributed by atoms with Crippen LogP contribution in [-0.4, -0.2) is 37.2 Å². The molecule has 0 N–H and O–H groups in total. The first-order valence-corrected chi connectivity index (χ1v) is 27.8. The molecule has 0 heterocycles. The molecule has 0 aromatic heterocycles. The smallest absolute Gasteiger partial charge is 0.306 e. The molecule has 63 heavy (non-hydrogen) atoms. The molecule has 1 atom stereocenters. The van der Waals surface area contributed by atoms with Crippen LogP contribution in [0.3, 0.4) is 0 Å². The lowest BCUT2D eigenvalue weighted by atomic mass is 10.0. The average Bonchev–Trinajstić information content (AvgIpc) is 3.28. The Kier molecular flexibility index (Phi) is 50.8. The SMILES string of the molecule is CCCCCCCC/C=C\CCCCCC(=O)OCC(COC(=O)CCCCCCCCCCCCCCCCCCCC)OC(=O)CCCCC/C=C\CCCCCCCCC. The van der Waals surface area contributed by atoms with Gasteiger partial charge in [-0.15, -0.1) is 0 Å². The van der Waals surface area contributed by atoms with Crippen LogP contribution in [0.5, 0.6) is 0 Å². The van der Waals surface area contributed by atoms with Crippen molar-refractivity contribution in [2.75, 3.05) is 13.2 Å². The topological polar surface area (TPSA) is 78.9 Å². The summed E-state index contributed by atoms with van der Waals surface area (Å²) in [7, 11) is 0. The van der Waals surface area contributed by atoms with Crippen molar-refractivity contribution >= 4 is 17.9 Å². The fourth-order valence-corrected chi connectivity index (χ4v) is 8.20. The number of ether oxygens (including phenoxy) is 3. The molecular formula is C57H106O6. The zero-order valence-electron chi connectivity index (χ0n) is 42.4. The molecule has 0 aromatic carbocycles. The molecule has 0 rings (SSSR count). The second kappa shape index (κ2) is 52.5. The monoisotopic (exact) mass is 887 g/mol. The van der Waals surface area contributed by atoms with Gasteiger partial charge in [0.15, 0.2) is 6.10 Å². The van der Waals surface area contributed by atoms with E-state index in [4.69, 9.17) is 14.2 Å². The van der Waals surface area contributed by atoms with E-state index >= 15 is 0 Å². The maximum Gasteiger partial charge on any atom is 0.306 e. The van der Waals surface area contributed by atoms with Crippen molar-refractivity contribution in [3.05, 3.63) is 24.3 Å². The first-order chi connectivity index (χ1) is 31.0. The first-order valence-electron chi connectivity index (χ1n) is 27.8. The summed E-state index contributed by atoms with van der Waals surface area (Å²) in [6.07, 6.45) is 60.2. The fraction of sp³-hybridized carbons (Fsp3) is 0.877. The van der Waals surface area contributed by atoms with Gasteiger partial charge in [-0.3, -0.25) is 14.4 Å². The Morgan fingerprint density at radius 2 is 0.524 bits per heavy atom. The van der Waals surface area contributed by atoms with Crippen LogP contribution in [0.25, 0.3) is 0 Å². The van der Waals surface area contributed by atoms with E-state index in [0.29, 0.717) is 19.3 Å². The van der Waals surface area contributed by atoms with Crippen molar-refractivity contribution in [3.63, 3.8) is 0 Å². The van der Waals surface area contributed by atoms with Crippen molar-refractivity contribution < 1.29 is 28.6 Å². The maximum atomic E-state index is 12.8. The molecule has 0 bridgehead atoms. The third kappa shape index (κ3) is 50.7.